The van der Waals surface area contributed by atoms with Gasteiger partial charge in [-0.05, 0) is 32.4 Å². The van der Waals surface area contributed by atoms with Crippen LogP contribution in [0.25, 0.3) is 0 Å². The molecule has 1 aromatic carbocycles. The summed E-state index contributed by atoms with van der Waals surface area (Å²) in [7, 11) is 1.83. The molecule has 1 aliphatic carbocycles. The summed E-state index contributed by atoms with van der Waals surface area (Å²) in [5.74, 6) is -0.0175. The Morgan fingerprint density at radius 3 is 2.71 bits per heavy atom. The van der Waals surface area contributed by atoms with Crippen molar-refractivity contribution in [3.63, 3.8) is 0 Å². The van der Waals surface area contributed by atoms with E-state index in [0.29, 0.717) is 5.56 Å². The van der Waals surface area contributed by atoms with Gasteiger partial charge in [0.1, 0.15) is 0 Å². The molecule has 0 spiro atoms. The summed E-state index contributed by atoms with van der Waals surface area (Å²) >= 11 is 0. The van der Waals surface area contributed by atoms with Gasteiger partial charge in [0.05, 0.1) is 11.7 Å². The molecular formula is C17H26N2O2. The van der Waals surface area contributed by atoms with E-state index in [9.17, 15) is 4.79 Å². The molecule has 0 heterocycles. The highest BCUT2D eigenvalue weighted by molar-refractivity contribution is 6.00. The van der Waals surface area contributed by atoms with Gasteiger partial charge in [-0.3, -0.25) is 4.79 Å². The maximum atomic E-state index is 12.5. The van der Waals surface area contributed by atoms with E-state index in [0.717, 1.165) is 24.3 Å². The lowest BCUT2D eigenvalue weighted by atomic mass is 9.64. The Hall–Kier alpha value is -1.55. The van der Waals surface area contributed by atoms with Crippen molar-refractivity contribution in [2.24, 2.45) is 5.41 Å². The number of ether oxygens (including phenoxy) is 1. The predicted octanol–water partition coefficient (Wildman–Crippen LogP) is 2.97. The molecule has 0 bridgehead atoms. The summed E-state index contributed by atoms with van der Waals surface area (Å²) in [5.41, 5.74) is 2.62. The van der Waals surface area contributed by atoms with Crippen molar-refractivity contribution < 1.29 is 9.53 Å². The fourth-order valence-corrected chi connectivity index (χ4v) is 2.91. The topological polar surface area (TPSA) is 50.4 Å². The van der Waals surface area contributed by atoms with Crippen LogP contribution in [0, 0.1) is 12.3 Å². The summed E-state index contributed by atoms with van der Waals surface area (Å²) in [6, 6.07) is 6.03. The lowest BCUT2D eigenvalue weighted by Crippen LogP contribution is -2.62. The zero-order valence-corrected chi connectivity index (χ0v) is 13.6. The third-order valence-electron chi connectivity index (χ3n) is 4.54. The van der Waals surface area contributed by atoms with E-state index in [-0.39, 0.29) is 23.5 Å². The van der Waals surface area contributed by atoms with Gasteiger partial charge >= 0.3 is 0 Å². The van der Waals surface area contributed by atoms with Gasteiger partial charge < -0.3 is 15.4 Å². The van der Waals surface area contributed by atoms with E-state index in [2.05, 4.69) is 24.5 Å². The highest BCUT2D eigenvalue weighted by Gasteiger charge is 2.49. The molecule has 0 aromatic heterocycles. The second kappa shape index (κ2) is 6.06. The molecule has 1 amide bonds. The highest BCUT2D eigenvalue weighted by Crippen LogP contribution is 2.42. The van der Waals surface area contributed by atoms with Crippen LogP contribution in [-0.2, 0) is 4.74 Å². The summed E-state index contributed by atoms with van der Waals surface area (Å²) in [5, 5.41) is 6.23. The van der Waals surface area contributed by atoms with Crippen LogP contribution >= 0.6 is 0 Å². The first kappa shape index (κ1) is 15.8. The molecule has 2 N–H and O–H groups in total. The highest BCUT2D eigenvalue weighted by atomic mass is 16.5. The molecule has 4 nitrogen and oxygen atoms in total. The maximum absolute atomic E-state index is 12.5. The van der Waals surface area contributed by atoms with Gasteiger partial charge in [0.2, 0.25) is 0 Å². The van der Waals surface area contributed by atoms with E-state index in [1.54, 1.807) is 0 Å². The van der Waals surface area contributed by atoms with Gasteiger partial charge in [-0.15, -0.1) is 0 Å². The molecule has 1 aliphatic rings. The summed E-state index contributed by atoms with van der Waals surface area (Å²) in [4.78, 5) is 12.5. The Morgan fingerprint density at radius 1 is 1.43 bits per heavy atom. The van der Waals surface area contributed by atoms with Crippen LogP contribution in [0.4, 0.5) is 5.69 Å². The van der Waals surface area contributed by atoms with E-state index in [1.807, 2.05) is 39.1 Å². The Morgan fingerprint density at radius 2 is 2.14 bits per heavy atom. The number of benzene rings is 1. The minimum atomic E-state index is -0.0186. The second-order valence-corrected chi connectivity index (χ2v) is 6.33. The van der Waals surface area contributed by atoms with Gasteiger partial charge in [0.25, 0.3) is 5.91 Å². The van der Waals surface area contributed by atoms with Crippen LogP contribution in [0.1, 0.15) is 43.1 Å². The lowest BCUT2D eigenvalue weighted by Gasteiger charge is -2.51. The van der Waals surface area contributed by atoms with Crippen LogP contribution in [0.2, 0.25) is 0 Å². The van der Waals surface area contributed by atoms with Crippen LogP contribution in [0.15, 0.2) is 18.2 Å². The van der Waals surface area contributed by atoms with Crippen molar-refractivity contribution >= 4 is 11.6 Å². The number of hydrogen-bond acceptors (Lipinski definition) is 3. The minimum Gasteiger partial charge on any atom is -0.387 e. The van der Waals surface area contributed by atoms with Crippen LogP contribution in [0.3, 0.4) is 0 Å². The molecule has 1 aromatic rings. The van der Waals surface area contributed by atoms with Crippen molar-refractivity contribution in [2.75, 3.05) is 19.0 Å². The normalized spacial score (nSPS) is 23.3. The van der Waals surface area contributed by atoms with Crippen LogP contribution in [0.5, 0.6) is 0 Å². The number of anilines is 1. The average molecular weight is 290 g/mol. The molecule has 2 atom stereocenters. The summed E-state index contributed by atoms with van der Waals surface area (Å²) in [6.07, 6.45) is 1.11. The van der Waals surface area contributed by atoms with Gasteiger partial charge in [0, 0.05) is 30.8 Å². The first-order valence-electron chi connectivity index (χ1n) is 7.61. The molecule has 21 heavy (non-hydrogen) atoms. The third-order valence-corrected chi connectivity index (χ3v) is 4.54. The SMILES string of the molecule is CCOC1CC(NC(=O)c2cc(C)ccc2NC)C1(C)C. The van der Waals surface area contributed by atoms with E-state index >= 15 is 0 Å². The van der Waals surface area contributed by atoms with Gasteiger partial charge in [-0.2, -0.15) is 0 Å². The molecule has 1 saturated carbocycles. The molecule has 0 radical (unpaired) electrons. The Labute approximate surface area is 127 Å². The standard InChI is InChI=1S/C17H26N2O2/c1-6-21-15-10-14(17(15,3)4)19-16(20)12-9-11(2)7-8-13(12)18-5/h7-9,14-15,18H,6,10H2,1-5H3,(H,19,20). The van der Waals surface area contributed by atoms with E-state index < -0.39 is 0 Å². The number of nitrogens with one attached hydrogen (secondary N) is 2. The van der Waals surface area contributed by atoms with Gasteiger partial charge in [-0.1, -0.05) is 25.5 Å². The molecule has 0 saturated heterocycles. The number of carbonyl (C=O) groups is 1. The number of amides is 1. The quantitative estimate of drug-likeness (QED) is 0.876. The van der Waals surface area contributed by atoms with Crippen molar-refractivity contribution in [1.29, 1.82) is 0 Å². The monoisotopic (exact) mass is 290 g/mol. The fourth-order valence-electron chi connectivity index (χ4n) is 2.91. The molecule has 2 rings (SSSR count). The second-order valence-electron chi connectivity index (χ2n) is 6.33. The average Bonchev–Trinajstić information content (AvgIpc) is 2.46. The Bertz CT molecular complexity index is 526. The van der Waals surface area contributed by atoms with Crippen LogP contribution in [-0.4, -0.2) is 31.7 Å². The largest absolute Gasteiger partial charge is 0.387 e. The first-order valence-corrected chi connectivity index (χ1v) is 7.61. The van der Waals surface area contributed by atoms with Crippen molar-refractivity contribution in [3.05, 3.63) is 29.3 Å². The summed E-state index contributed by atoms with van der Waals surface area (Å²) < 4.78 is 5.71. The van der Waals surface area contributed by atoms with E-state index in [4.69, 9.17) is 4.74 Å². The van der Waals surface area contributed by atoms with Gasteiger partial charge in [-0.25, -0.2) is 0 Å². The number of carbonyl (C=O) groups excluding carboxylic acids is 1. The van der Waals surface area contributed by atoms with Gasteiger partial charge in [0.15, 0.2) is 0 Å². The predicted molar refractivity (Wildman–Crippen MR) is 85.8 cm³/mol. The minimum absolute atomic E-state index is 0.0175. The maximum Gasteiger partial charge on any atom is 0.253 e. The number of rotatable bonds is 5. The number of aryl methyl sites for hydroxylation is 1. The smallest absolute Gasteiger partial charge is 0.253 e. The third kappa shape index (κ3) is 3.05. The molecule has 0 aliphatic heterocycles. The molecule has 1 fully saturated rings. The first-order chi connectivity index (χ1) is 9.90. The number of hydrogen-bond donors (Lipinski definition) is 2. The zero-order valence-electron chi connectivity index (χ0n) is 13.6. The Balaban J connectivity index is 2.08. The van der Waals surface area contributed by atoms with Crippen molar-refractivity contribution in [1.82, 2.24) is 5.32 Å². The molecule has 116 valence electrons. The van der Waals surface area contributed by atoms with E-state index in [1.165, 1.54) is 0 Å². The summed E-state index contributed by atoms with van der Waals surface area (Å²) in [6.45, 7) is 9.02. The lowest BCUT2D eigenvalue weighted by molar-refractivity contribution is -0.111. The van der Waals surface area contributed by atoms with Crippen molar-refractivity contribution in [3.8, 4) is 0 Å². The molecule has 4 heteroatoms. The molecule has 2 unspecified atom stereocenters. The van der Waals surface area contributed by atoms with Crippen LogP contribution < -0.4 is 10.6 Å². The fraction of sp³-hybridized carbons (Fsp3) is 0.588. The zero-order chi connectivity index (χ0) is 15.6. The Kier molecular flexibility index (Phi) is 4.57. The van der Waals surface area contributed by atoms with Crippen molar-refractivity contribution in [2.45, 2.75) is 46.3 Å². The molecular weight excluding hydrogens is 264 g/mol.